The van der Waals surface area contributed by atoms with E-state index >= 15 is 0 Å². The van der Waals surface area contributed by atoms with E-state index in [4.69, 9.17) is 4.74 Å². The zero-order valence-electron chi connectivity index (χ0n) is 16.3. The molecule has 0 amide bonds. The molecule has 1 aromatic heterocycles. The predicted octanol–water partition coefficient (Wildman–Crippen LogP) is 4.51. The van der Waals surface area contributed by atoms with Gasteiger partial charge in [-0.2, -0.15) is 4.91 Å². The zero-order chi connectivity index (χ0) is 19.6. The molecule has 1 aromatic carbocycles. The molecule has 1 heterocycles. The number of esters is 1. The molecule has 0 radical (unpaired) electrons. The number of rotatable bonds is 7. The van der Waals surface area contributed by atoms with Crippen LogP contribution in [0.15, 0.2) is 54.2 Å². The van der Waals surface area contributed by atoms with E-state index in [1.165, 1.54) is 7.11 Å². The van der Waals surface area contributed by atoms with E-state index in [1.54, 1.807) is 12.5 Å². The van der Waals surface area contributed by atoms with Gasteiger partial charge in [0, 0.05) is 12.4 Å². The van der Waals surface area contributed by atoms with Crippen molar-refractivity contribution >= 4 is 5.97 Å². The van der Waals surface area contributed by atoms with Crippen molar-refractivity contribution in [3.63, 3.8) is 0 Å². The number of carbonyl (C=O) groups excluding carboxylic acids is 1. The van der Waals surface area contributed by atoms with Crippen LogP contribution in [0, 0.1) is 15.7 Å². The summed E-state index contributed by atoms with van der Waals surface area (Å²) >= 11 is 0. The number of nitroso groups, excluding NO2 is 1. The standard InChI is InChI=1S/C22H27N3O3/c1-28-20(26)22-10-7-21(8-11-22,9-12-22)19(24-27)15-18(25-14-13-23-16-25)17-5-3-2-4-6-17/h2-6,13-14,16,18-19H,7-12,15H2,1H3. The Morgan fingerprint density at radius 1 is 1.18 bits per heavy atom. The Morgan fingerprint density at radius 3 is 2.39 bits per heavy atom. The van der Waals surface area contributed by atoms with E-state index in [1.807, 2.05) is 24.4 Å². The Bertz CT molecular complexity index is 794. The van der Waals surface area contributed by atoms with Crippen molar-refractivity contribution in [1.82, 2.24) is 9.55 Å². The summed E-state index contributed by atoms with van der Waals surface area (Å²) in [6.07, 6.45) is 11.2. The summed E-state index contributed by atoms with van der Waals surface area (Å²) in [5.74, 6) is -0.0861. The maximum atomic E-state index is 12.3. The van der Waals surface area contributed by atoms with Crippen molar-refractivity contribution in [2.24, 2.45) is 16.0 Å². The van der Waals surface area contributed by atoms with E-state index in [0.717, 1.165) is 44.1 Å². The first-order chi connectivity index (χ1) is 13.6. The van der Waals surface area contributed by atoms with Crippen molar-refractivity contribution < 1.29 is 9.53 Å². The molecule has 6 nitrogen and oxygen atoms in total. The number of nitrogens with zero attached hydrogens (tertiary/aromatic N) is 3. The number of hydrogen-bond acceptors (Lipinski definition) is 5. The molecule has 0 N–H and O–H groups in total. The van der Waals surface area contributed by atoms with Crippen LogP contribution < -0.4 is 0 Å². The number of methoxy groups -OCH3 is 1. The first-order valence-electron chi connectivity index (χ1n) is 10.1. The molecular weight excluding hydrogens is 354 g/mol. The zero-order valence-corrected chi connectivity index (χ0v) is 16.3. The molecule has 0 saturated heterocycles. The lowest BCUT2D eigenvalue weighted by molar-refractivity contribution is -0.163. The maximum Gasteiger partial charge on any atom is 0.311 e. The number of ether oxygens (including phenoxy) is 1. The molecule has 28 heavy (non-hydrogen) atoms. The van der Waals surface area contributed by atoms with E-state index in [2.05, 4.69) is 26.9 Å². The first-order valence-corrected chi connectivity index (χ1v) is 10.1. The lowest BCUT2D eigenvalue weighted by Gasteiger charge is -2.53. The monoisotopic (exact) mass is 381 g/mol. The van der Waals surface area contributed by atoms with Crippen LogP contribution in [0.3, 0.4) is 0 Å². The molecule has 2 atom stereocenters. The third-order valence-electron chi connectivity index (χ3n) is 7.27. The third-order valence-corrected chi connectivity index (χ3v) is 7.27. The van der Waals surface area contributed by atoms with E-state index in [9.17, 15) is 9.70 Å². The number of aromatic nitrogens is 2. The van der Waals surface area contributed by atoms with Gasteiger partial charge in [0.2, 0.25) is 0 Å². The third kappa shape index (κ3) is 3.15. The van der Waals surface area contributed by atoms with Crippen LogP contribution in [-0.4, -0.2) is 28.7 Å². The van der Waals surface area contributed by atoms with Crippen molar-refractivity contribution in [2.75, 3.05) is 7.11 Å². The van der Waals surface area contributed by atoms with Crippen LogP contribution >= 0.6 is 0 Å². The fourth-order valence-corrected chi connectivity index (χ4v) is 5.41. The van der Waals surface area contributed by atoms with Crippen molar-refractivity contribution in [2.45, 2.75) is 57.0 Å². The highest BCUT2D eigenvalue weighted by Crippen LogP contribution is 2.60. The van der Waals surface area contributed by atoms with Crippen LogP contribution in [0.1, 0.15) is 56.6 Å². The number of fused-ring (bicyclic) bond motifs is 3. The van der Waals surface area contributed by atoms with Gasteiger partial charge in [-0.1, -0.05) is 35.5 Å². The lowest BCUT2D eigenvalue weighted by atomic mass is 9.51. The van der Waals surface area contributed by atoms with Gasteiger partial charge in [-0.15, -0.1) is 0 Å². The van der Waals surface area contributed by atoms with Gasteiger partial charge in [-0.25, -0.2) is 4.98 Å². The normalized spacial score (nSPS) is 28.5. The van der Waals surface area contributed by atoms with Gasteiger partial charge in [0.25, 0.3) is 0 Å². The highest BCUT2D eigenvalue weighted by atomic mass is 16.5. The molecule has 6 heteroatoms. The van der Waals surface area contributed by atoms with Gasteiger partial charge in [-0.3, -0.25) is 4.79 Å². The molecule has 2 unspecified atom stereocenters. The fourth-order valence-electron chi connectivity index (χ4n) is 5.41. The summed E-state index contributed by atoms with van der Waals surface area (Å²) in [5.41, 5.74) is 0.708. The van der Waals surface area contributed by atoms with E-state index in [-0.39, 0.29) is 28.9 Å². The van der Waals surface area contributed by atoms with Crippen LogP contribution in [0.4, 0.5) is 0 Å². The molecule has 3 aliphatic carbocycles. The molecular formula is C22H27N3O3. The average Bonchev–Trinajstić information content (AvgIpc) is 3.30. The number of benzene rings is 1. The van der Waals surface area contributed by atoms with Gasteiger partial charge in [-0.05, 0) is 55.9 Å². The minimum Gasteiger partial charge on any atom is -0.469 e. The summed E-state index contributed by atoms with van der Waals surface area (Å²) in [7, 11) is 1.47. The predicted molar refractivity (Wildman–Crippen MR) is 106 cm³/mol. The molecule has 2 bridgehead atoms. The highest BCUT2D eigenvalue weighted by molar-refractivity contribution is 5.77. The summed E-state index contributed by atoms with van der Waals surface area (Å²) in [6.45, 7) is 0. The van der Waals surface area contributed by atoms with Crippen molar-refractivity contribution in [1.29, 1.82) is 0 Å². The van der Waals surface area contributed by atoms with Gasteiger partial charge in [0.15, 0.2) is 0 Å². The first kappa shape index (κ1) is 18.8. The number of imidazole rings is 1. The second-order valence-electron chi connectivity index (χ2n) is 8.43. The van der Waals surface area contributed by atoms with E-state index < -0.39 is 0 Å². The average molecular weight is 381 g/mol. The fraction of sp³-hybridized carbons (Fsp3) is 0.545. The summed E-state index contributed by atoms with van der Waals surface area (Å²) in [6, 6.07) is 9.96. The molecule has 0 aliphatic heterocycles. The minimum atomic E-state index is -0.340. The highest BCUT2D eigenvalue weighted by Gasteiger charge is 2.56. The maximum absolute atomic E-state index is 12.3. The van der Waals surface area contributed by atoms with Crippen molar-refractivity contribution in [3.8, 4) is 0 Å². The Balaban J connectivity index is 1.57. The molecule has 2 aromatic rings. The molecule has 3 aliphatic rings. The van der Waals surface area contributed by atoms with Crippen LogP contribution in [0.2, 0.25) is 0 Å². The van der Waals surface area contributed by atoms with Crippen molar-refractivity contribution in [3.05, 3.63) is 59.5 Å². The van der Waals surface area contributed by atoms with Crippen LogP contribution in [0.25, 0.3) is 0 Å². The molecule has 148 valence electrons. The Morgan fingerprint density at radius 2 is 1.86 bits per heavy atom. The minimum absolute atomic E-state index is 0.0231. The Hall–Kier alpha value is -2.50. The number of hydrogen-bond donors (Lipinski definition) is 0. The molecule has 3 fully saturated rings. The summed E-state index contributed by atoms with van der Waals surface area (Å²) in [4.78, 5) is 28.5. The number of carbonyl (C=O) groups is 1. The van der Waals surface area contributed by atoms with Gasteiger partial charge in [0.05, 0.1) is 30.9 Å². The van der Waals surface area contributed by atoms with Gasteiger partial charge < -0.3 is 9.30 Å². The largest absolute Gasteiger partial charge is 0.469 e. The second kappa shape index (κ2) is 7.49. The summed E-state index contributed by atoms with van der Waals surface area (Å²) < 4.78 is 7.13. The molecule has 3 saturated carbocycles. The smallest absolute Gasteiger partial charge is 0.311 e. The Labute approximate surface area is 165 Å². The summed E-state index contributed by atoms with van der Waals surface area (Å²) in [5, 5.41) is 3.64. The van der Waals surface area contributed by atoms with Crippen LogP contribution in [0.5, 0.6) is 0 Å². The van der Waals surface area contributed by atoms with Crippen LogP contribution in [-0.2, 0) is 9.53 Å². The SMILES string of the molecule is COC(=O)C12CCC(C(CC(c3ccccc3)n3ccnc3)N=O)(CC1)CC2. The molecule has 5 rings (SSSR count). The second-order valence-corrected chi connectivity index (χ2v) is 8.43. The quantitative estimate of drug-likeness (QED) is 0.522. The topological polar surface area (TPSA) is 73.6 Å². The van der Waals surface area contributed by atoms with Gasteiger partial charge >= 0.3 is 5.97 Å². The lowest BCUT2D eigenvalue weighted by Crippen LogP contribution is -2.50. The Kier molecular flexibility index (Phi) is 5.04. The molecule has 0 spiro atoms. The van der Waals surface area contributed by atoms with Gasteiger partial charge in [0.1, 0.15) is 0 Å². The van der Waals surface area contributed by atoms with E-state index in [0.29, 0.717) is 6.42 Å².